The zero-order valence-electron chi connectivity index (χ0n) is 13.1. The number of benzene rings is 2. The normalized spacial score (nSPS) is 11.0. The first-order chi connectivity index (χ1) is 11.8. The molecule has 2 N–H and O–H groups in total. The van der Waals surface area contributed by atoms with Crippen molar-refractivity contribution in [3.05, 3.63) is 63.5 Å². The van der Waals surface area contributed by atoms with Crippen LogP contribution in [0.4, 0.5) is 4.39 Å². The van der Waals surface area contributed by atoms with Gasteiger partial charge >= 0.3 is 5.97 Å². The Morgan fingerprint density at radius 1 is 1.20 bits per heavy atom. The Hall–Kier alpha value is -2.67. The number of halogens is 2. The summed E-state index contributed by atoms with van der Waals surface area (Å²) in [5.41, 5.74) is 1.36. The van der Waals surface area contributed by atoms with E-state index in [9.17, 15) is 19.1 Å². The van der Waals surface area contributed by atoms with Crippen LogP contribution >= 0.6 is 15.9 Å². The van der Waals surface area contributed by atoms with E-state index >= 15 is 0 Å². The van der Waals surface area contributed by atoms with Gasteiger partial charge in [-0.15, -0.1) is 0 Å². The van der Waals surface area contributed by atoms with Gasteiger partial charge in [0.1, 0.15) is 0 Å². The number of carbonyl (C=O) groups excluding carboxylic acids is 1. The molecule has 1 heterocycles. The highest BCUT2D eigenvalue weighted by Crippen LogP contribution is 2.32. The molecule has 0 amide bonds. The van der Waals surface area contributed by atoms with Gasteiger partial charge in [0.2, 0.25) is 0 Å². The molecule has 3 rings (SSSR count). The Bertz CT molecular complexity index is 1010. The van der Waals surface area contributed by atoms with E-state index in [1.54, 1.807) is 31.2 Å². The lowest BCUT2D eigenvalue weighted by Crippen LogP contribution is -2.14. The summed E-state index contributed by atoms with van der Waals surface area (Å²) in [6, 6.07) is 8.84. The number of hydrogen-bond acceptors (Lipinski definition) is 3. The topological polar surface area (TPSA) is 79.5 Å². The van der Waals surface area contributed by atoms with Crippen molar-refractivity contribution >= 4 is 38.7 Å². The number of hydrogen-bond donors (Lipinski definition) is 2. The third kappa shape index (κ3) is 3.02. The Labute approximate surface area is 150 Å². The highest BCUT2D eigenvalue weighted by atomic mass is 79.9. The number of aromatic hydroxyl groups is 1. The molecular formula is C18H13BrFNO4. The zero-order valence-corrected chi connectivity index (χ0v) is 14.7. The minimum Gasteiger partial charge on any atom is -0.505 e. The van der Waals surface area contributed by atoms with Gasteiger partial charge in [-0.3, -0.25) is 14.2 Å². The second-order valence-corrected chi connectivity index (χ2v) is 6.52. The molecule has 0 saturated carbocycles. The van der Waals surface area contributed by atoms with Crippen LogP contribution in [0.3, 0.4) is 0 Å². The fraction of sp³-hybridized carbons (Fsp3) is 0.111. The van der Waals surface area contributed by atoms with Crippen molar-refractivity contribution in [1.82, 2.24) is 4.57 Å². The molecular weight excluding hydrogens is 393 g/mol. The van der Waals surface area contributed by atoms with Crippen LogP contribution in [0.25, 0.3) is 10.9 Å². The van der Waals surface area contributed by atoms with Crippen molar-refractivity contribution in [2.45, 2.75) is 13.3 Å². The number of aliphatic carboxylic acids is 1. The third-order valence-electron chi connectivity index (χ3n) is 4.03. The molecule has 128 valence electrons. The molecule has 0 atom stereocenters. The van der Waals surface area contributed by atoms with E-state index < -0.39 is 23.4 Å². The summed E-state index contributed by atoms with van der Waals surface area (Å²) in [4.78, 5) is 24.1. The second-order valence-electron chi connectivity index (χ2n) is 5.60. The Kier molecular flexibility index (Phi) is 4.34. The Morgan fingerprint density at radius 2 is 1.84 bits per heavy atom. The van der Waals surface area contributed by atoms with Crippen LogP contribution in [0.2, 0.25) is 0 Å². The van der Waals surface area contributed by atoms with E-state index in [1.807, 2.05) is 0 Å². The molecule has 0 fully saturated rings. The maximum Gasteiger partial charge on any atom is 0.307 e. The van der Waals surface area contributed by atoms with Crippen LogP contribution in [0.15, 0.2) is 40.9 Å². The number of carboxylic acids is 1. The molecule has 0 bridgehead atoms. The Balaban J connectivity index is 2.28. The number of nitrogens with zero attached hydrogens (tertiary/aromatic N) is 1. The lowest BCUT2D eigenvalue weighted by Gasteiger charge is -2.08. The number of carbonyl (C=O) groups is 2. The molecule has 0 radical (unpaired) electrons. The quantitative estimate of drug-likeness (QED) is 0.692. The molecule has 0 unspecified atom stereocenters. The average Bonchev–Trinajstić information content (AvgIpc) is 2.80. The summed E-state index contributed by atoms with van der Waals surface area (Å²) in [7, 11) is 0. The van der Waals surface area contributed by atoms with Crippen LogP contribution in [0.1, 0.15) is 21.6 Å². The molecule has 25 heavy (non-hydrogen) atoms. The van der Waals surface area contributed by atoms with Crippen molar-refractivity contribution in [3.63, 3.8) is 0 Å². The number of carboxylic acid groups (broad SMARTS) is 1. The monoisotopic (exact) mass is 405 g/mol. The molecule has 0 spiro atoms. The van der Waals surface area contributed by atoms with Gasteiger partial charge in [-0.05, 0) is 42.8 Å². The molecule has 0 aliphatic rings. The molecule has 0 aliphatic heterocycles. The minimum absolute atomic E-state index is 0.219. The number of aromatic nitrogens is 1. The number of phenols is 1. The average molecular weight is 406 g/mol. The van der Waals surface area contributed by atoms with Crippen LogP contribution in [-0.4, -0.2) is 26.7 Å². The van der Waals surface area contributed by atoms with Crippen molar-refractivity contribution in [3.8, 4) is 5.75 Å². The fourth-order valence-corrected chi connectivity index (χ4v) is 3.11. The molecule has 0 saturated heterocycles. The van der Waals surface area contributed by atoms with E-state index in [2.05, 4.69) is 15.9 Å². The van der Waals surface area contributed by atoms with Crippen LogP contribution in [0, 0.1) is 12.7 Å². The fourth-order valence-electron chi connectivity index (χ4n) is 2.85. The summed E-state index contributed by atoms with van der Waals surface area (Å²) in [5.74, 6) is -2.96. The van der Waals surface area contributed by atoms with Gasteiger partial charge in [0.15, 0.2) is 11.6 Å². The van der Waals surface area contributed by atoms with Crippen molar-refractivity contribution in [2.75, 3.05) is 0 Å². The van der Waals surface area contributed by atoms with E-state index in [0.717, 1.165) is 16.6 Å². The number of fused-ring (bicyclic) bond motifs is 1. The summed E-state index contributed by atoms with van der Waals surface area (Å²) in [6.45, 7) is 1.60. The van der Waals surface area contributed by atoms with Crippen LogP contribution in [-0.2, 0) is 11.2 Å². The minimum atomic E-state index is -1.08. The summed E-state index contributed by atoms with van der Waals surface area (Å²) < 4.78 is 15.9. The van der Waals surface area contributed by atoms with E-state index in [1.165, 1.54) is 4.57 Å². The molecule has 3 aromatic rings. The van der Waals surface area contributed by atoms with Gasteiger partial charge in [0, 0.05) is 27.2 Å². The van der Waals surface area contributed by atoms with E-state index in [-0.39, 0.29) is 11.9 Å². The maximum atomic E-state index is 13.9. The predicted octanol–water partition coefficient (Wildman–Crippen LogP) is 3.87. The van der Waals surface area contributed by atoms with Crippen LogP contribution < -0.4 is 0 Å². The summed E-state index contributed by atoms with van der Waals surface area (Å²) in [6.07, 6.45) is -0.339. The maximum absolute atomic E-state index is 13.9. The third-order valence-corrected chi connectivity index (χ3v) is 4.55. The van der Waals surface area contributed by atoms with E-state index in [0.29, 0.717) is 22.2 Å². The van der Waals surface area contributed by atoms with E-state index in [4.69, 9.17) is 5.11 Å². The van der Waals surface area contributed by atoms with Gasteiger partial charge in [0.25, 0.3) is 5.91 Å². The van der Waals surface area contributed by atoms with Gasteiger partial charge < -0.3 is 10.2 Å². The molecule has 5 nitrogen and oxygen atoms in total. The van der Waals surface area contributed by atoms with Crippen LogP contribution in [0.5, 0.6) is 5.75 Å². The first-order valence-corrected chi connectivity index (χ1v) is 8.13. The highest BCUT2D eigenvalue weighted by molar-refractivity contribution is 9.10. The van der Waals surface area contributed by atoms with Gasteiger partial charge in [0.05, 0.1) is 11.9 Å². The smallest absolute Gasteiger partial charge is 0.307 e. The summed E-state index contributed by atoms with van der Waals surface area (Å²) >= 11 is 3.29. The number of phenolic OH excluding ortho intramolecular Hbond substituents is 1. The predicted molar refractivity (Wildman–Crippen MR) is 93.5 cm³/mol. The first-order valence-electron chi connectivity index (χ1n) is 7.34. The lowest BCUT2D eigenvalue weighted by molar-refractivity contribution is -0.136. The highest BCUT2D eigenvalue weighted by Gasteiger charge is 2.23. The standard InChI is InChI=1S/C18H13BrFNO4/c1-9-12(7-17(23)24)13-6-16(22)14(20)8-15(13)21(9)18(25)10-2-4-11(19)5-3-10/h2-6,8,22H,7H2,1H3,(H,23,24). The zero-order chi connectivity index (χ0) is 18.3. The number of rotatable bonds is 3. The Morgan fingerprint density at radius 3 is 2.44 bits per heavy atom. The largest absolute Gasteiger partial charge is 0.505 e. The SMILES string of the molecule is Cc1c(CC(=O)O)c2cc(O)c(F)cc2n1C(=O)c1ccc(Br)cc1. The molecule has 1 aromatic heterocycles. The first kappa shape index (κ1) is 17.2. The molecule has 7 heteroatoms. The van der Waals surface area contributed by atoms with Gasteiger partial charge in [-0.25, -0.2) is 4.39 Å². The van der Waals surface area contributed by atoms with Crippen molar-refractivity contribution in [1.29, 1.82) is 0 Å². The van der Waals surface area contributed by atoms with Crippen molar-refractivity contribution < 1.29 is 24.2 Å². The molecule has 0 aliphatic carbocycles. The van der Waals surface area contributed by atoms with Gasteiger partial charge in [-0.1, -0.05) is 15.9 Å². The lowest BCUT2D eigenvalue weighted by atomic mass is 10.1. The second kappa shape index (κ2) is 6.33. The van der Waals surface area contributed by atoms with Gasteiger partial charge in [-0.2, -0.15) is 0 Å². The van der Waals surface area contributed by atoms with Crippen molar-refractivity contribution in [2.24, 2.45) is 0 Å². The molecule has 2 aromatic carbocycles. The summed E-state index contributed by atoms with van der Waals surface area (Å²) in [5, 5.41) is 19.1.